The number of Topliss-reactive ketones (excluding diaryl/α,β-unsaturated/α-hetero) is 1. The Kier molecular flexibility index (Phi) is 4.12. The van der Waals surface area contributed by atoms with E-state index < -0.39 is 6.10 Å². The van der Waals surface area contributed by atoms with Crippen LogP contribution in [-0.2, 0) is 0 Å². The van der Waals surface area contributed by atoms with E-state index in [2.05, 4.69) is 0 Å². The van der Waals surface area contributed by atoms with Crippen molar-refractivity contribution in [3.05, 3.63) is 106 Å². The molecule has 1 aliphatic heterocycles. The topological polar surface area (TPSA) is 26.3 Å². The Morgan fingerprint density at radius 1 is 0.840 bits per heavy atom. The van der Waals surface area contributed by atoms with Gasteiger partial charge in [0.25, 0.3) is 0 Å². The van der Waals surface area contributed by atoms with E-state index >= 15 is 0 Å². The molecule has 122 valence electrons. The van der Waals surface area contributed by atoms with E-state index in [0.717, 1.165) is 11.1 Å². The fourth-order valence-corrected chi connectivity index (χ4v) is 3.10. The lowest BCUT2D eigenvalue weighted by Crippen LogP contribution is -2.23. The molecule has 0 bridgehead atoms. The molecule has 0 saturated carbocycles. The summed E-state index contributed by atoms with van der Waals surface area (Å²) < 4.78 is 6.18. The molecule has 0 saturated heterocycles. The Bertz CT molecular complexity index is 943. The lowest BCUT2D eigenvalue weighted by molar-refractivity contribution is 0.0963. The fraction of sp³-hybridized carbons (Fsp3) is 0.0455. The van der Waals surface area contributed by atoms with E-state index in [1.54, 1.807) is 6.07 Å². The van der Waals surface area contributed by atoms with E-state index in [1.807, 2.05) is 78.9 Å². The molecule has 25 heavy (non-hydrogen) atoms. The summed E-state index contributed by atoms with van der Waals surface area (Å²) in [5.41, 5.74) is 3.07. The number of fused-ring (bicyclic) bond motifs is 1. The molecular weight excluding hydrogens is 332 g/mol. The lowest BCUT2D eigenvalue weighted by atomic mass is 9.89. The smallest absolute Gasteiger partial charge is 0.196 e. The number of ether oxygens (including phenoxy) is 1. The number of rotatable bonds is 2. The zero-order valence-corrected chi connectivity index (χ0v) is 14.1. The van der Waals surface area contributed by atoms with Crippen LogP contribution in [0.5, 0.6) is 5.75 Å². The van der Waals surface area contributed by atoms with Gasteiger partial charge in [0, 0.05) is 10.6 Å². The normalized spacial score (nSPS) is 17.9. The van der Waals surface area contributed by atoms with Crippen LogP contribution >= 0.6 is 11.6 Å². The molecule has 0 radical (unpaired) electrons. The quantitative estimate of drug-likeness (QED) is 0.553. The summed E-state index contributed by atoms with van der Waals surface area (Å²) in [5, 5.41) is 0.665. The molecule has 0 N–H and O–H groups in total. The SMILES string of the molecule is O=C1/C(=C/c2ccc(Cl)cc2)[C@H](c2ccccc2)Oc2ccccc21. The summed E-state index contributed by atoms with van der Waals surface area (Å²) in [6, 6.07) is 24.6. The Morgan fingerprint density at radius 3 is 2.28 bits per heavy atom. The van der Waals surface area contributed by atoms with Gasteiger partial charge in [-0.25, -0.2) is 0 Å². The van der Waals surface area contributed by atoms with E-state index in [9.17, 15) is 4.79 Å². The second kappa shape index (κ2) is 6.58. The third-order valence-electron chi connectivity index (χ3n) is 4.22. The van der Waals surface area contributed by atoms with E-state index in [-0.39, 0.29) is 5.78 Å². The first-order chi connectivity index (χ1) is 12.2. The minimum Gasteiger partial charge on any atom is -0.480 e. The van der Waals surface area contributed by atoms with Crippen molar-refractivity contribution < 1.29 is 9.53 Å². The van der Waals surface area contributed by atoms with Crippen LogP contribution in [0.3, 0.4) is 0 Å². The molecule has 3 aromatic carbocycles. The van der Waals surface area contributed by atoms with Crippen LogP contribution in [0.2, 0.25) is 5.02 Å². The van der Waals surface area contributed by atoms with Crippen LogP contribution in [0, 0.1) is 0 Å². The van der Waals surface area contributed by atoms with Gasteiger partial charge in [0.1, 0.15) is 5.75 Å². The van der Waals surface area contributed by atoms with E-state index in [0.29, 0.717) is 21.9 Å². The van der Waals surface area contributed by atoms with E-state index in [4.69, 9.17) is 16.3 Å². The molecular formula is C22H15ClO2. The fourth-order valence-electron chi connectivity index (χ4n) is 2.98. The highest BCUT2D eigenvalue weighted by atomic mass is 35.5. The number of hydrogen-bond acceptors (Lipinski definition) is 2. The average Bonchev–Trinajstić information content (AvgIpc) is 2.66. The molecule has 3 aromatic rings. The first-order valence-corrected chi connectivity index (χ1v) is 8.42. The molecule has 0 amide bonds. The van der Waals surface area contributed by atoms with Crippen LogP contribution in [0.25, 0.3) is 6.08 Å². The van der Waals surface area contributed by atoms with Gasteiger partial charge in [0.2, 0.25) is 0 Å². The van der Waals surface area contributed by atoms with Gasteiger partial charge >= 0.3 is 0 Å². The number of carbonyl (C=O) groups is 1. The van der Waals surface area contributed by atoms with Crippen molar-refractivity contribution in [2.75, 3.05) is 0 Å². The van der Waals surface area contributed by atoms with Crippen LogP contribution in [0.1, 0.15) is 27.6 Å². The summed E-state index contributed by atoms with van der Waals surface area (Å²) in [4.78, 5) is 13.1. The molecule has 1 atom stereocenters. The Morgan fingerprint density at radius 2 is 1.52 bits per heavy atom. The van der Waals surface area contributed by atoms with Gasteiger partial charge in [-0.1, -0.05) is 66.2 Å². The molecule has 0 spiro atoms. The molecule has 0 aromatic heterocycles. The van der Waals surface area contributed by atoms with Crippen LogP contribution in [-0.4, -0.2) is 5.78 Å². The van der Waals surface area contributed by atoms with Crippen molar-refractivity contribution in [3.63, 3.8) is 0 Å². The highest BCUT2D eigenvalue weighted by molar-refractivity contribution is 6.30. The van der Waals surface area contributed by atoms with Crippen LogP contribution < -0.4 is 4.74 Å². The van der Waals surface area contributed by atoms with Crippen LogP contribution in [0.4, 0.5) is 0 Å². The van der Waals surface area contributed by atoms with Gasteiger partial charge in [0.05, 0.1) is 5.56 Å². The molecule has 4 rings (SSSR count). The molecule has 0 aliphatic carbocycles. The summed E-state index contributed by atoms with van der Waals surface area (Å²) in [6.07, 6.45) is 1.45. The third kappa shape index (κ3) is 3.09. The molecule has 1 heterocycles. The van der Waals surface area contributed by atoms with Gasteiger partial charge in [-0.3, -0.25) is 4.79 Å². The summed E-state index contributed by atoms with van der Waals surface area (Å²) in [7, 11) is 0. The molecule has 1 aliphatic rings. The molecule has 0 unspecified atom stereocenters. The predicted octanol–water partition coefficient (Wildman–Crippen LogP) is 5.74. The van der Waals surface area contributed by atoms with Crippen molar-refractivity contribution in [1.29, 1.82) is 0 Å². The summed E-state index contributed by atoms with van der Waals surface area (Å²) >= 11 is 5.96. The average molecular weight is 347 g/mol. The maximum atomic E-state index is 13.1. The highest BCUT2D eigenvalue weighted by Gasteiger charge is 2.32. The van der Waals surface area contributed by atoms with E-state index in [1.165, 1.54) is 0 Å². The van der Waals surface area contributed by atoms with Crippen LogP contribution in [0.15, 0.2) is 84.4 Å². The van der Waals surface area contributed by atoms with Gasteiger partial charge in [-0.2, -0.15) is 0 Å². The number of ketones is 1. The van der Waals surface area contributed by atoms with Crippen molar-refractivity contribution in [2.45, 2.75) is 6.10 Å². The Balaban J connectivity index is 1.85. The number of halogens is 1. The predicted molar refractivity (Wildman–Crippen MR) is 100 cm³/mol. The Hall–Kier alpha value is -2.84. The number of carbonyl (C=O) groups excluding carboxylic acids is 1. The largest absolute Gasteiger partial charge is 0.480 e. The molecule has 2 nitrogen and oxygen atoms in total. The molecule has 3 heteroatoms. The van der Waals surface area contributed by atoms with Crippen molar-refractivity contribution in [2.24, 2.45) is 0 Å². The van der Waals surface area contributed by atoms with Crippen molar-refractivity contribution in [3.8, 4) is 5.75 Å². The van der Waals surface area contributed by atoms with Gasteiger partial charge in [-0.05, 0) is 41.5 Å². The minimum atomic E-state index is -0.431. The number of benzene rings is 3. The maximum Gasteiger partial charge on any atom is 0.196 e. The summed E-state index contributed by atoms with van der Waals surface area (Å²) in [5.74, 6) is 0.611. The summed E-state index contributed by atoms with van der Waals surface area (Å²) in [6.45, 7) is 0. The first kappa shape index (κ1) is 15.7. The van der Waals surface area contributed by atoms with Gasteiger partial charge in [0.15, 0.2) is 11.9 Å². The zero-order chi connectivity index (χ0) is 17.2. The third-order valence-corrected chi connectivity index (χ3v) is 4.47. The number of hydrogen-bond donors (Lipinski definition) is 0. The lowest BCUT2D eigenvalue weighted by Gasteiger charge is -2.28. The standard InChI is InChI=1S/C22H15ClO2/c23-17-12-10-15(11-13-17)14-19-21(24)18-8-4-5-9-20(18)25-22(19)16-6-2-1-3-7-16/h1-14,22H/b19-14-/t22-/m0/s1. The first-order valence-electron chi connectivity index (χ1n) is 8.05. The minimum absolute atomic E-state index is 0.00865. The second-order valence-electron chi connectivity index (χ2n) is 5.89. The zero-order valence-electron chi connectivity index (χ0n) is 13.4. The van der Waals surface area contributed by atoms with Gasteiger partial charge in [-0.15, -0.1) is 0 Å². The highest BCUT2D eigenvalue weighted by Crippen LogP contribution is 2.39. The molecule has 0 fully saturated rings. The van der Waals surface area contributed by atoms with Crippen molar-refractivity contribution in [1.82, 2.24) is 0 Å². The van der Waals surface area contributed by atoms with Gasteiger partial charge < -0.3 is 4.74 Å². The monoisotopic (exact) mass is 346 g/mol. The second-order valence-corrected chi connectivity index (χ2v) is 6.32. The maximum absolute atomic E-state index is 13.1. The Labute approximate surface area is 151 Å². The van der Waals surface area contributed by atoms with Crippen molar-refractivity contribution >= 4 is 23.5 Å². The number of para-hydroxylation sites is 1.